The van der Waals surface area contributed by atoms with E-state index in [4.69, 9.17) is 5.73 Å². The van der Waals surface area contributed by atoms with Gasteiger partial charge in [0.2, 0.25) is 0 Å². The zero-order chi connectivity index (χ0) is 13.8. The Balaban J connectivity index is 1.69. The minimum absolute atomic E-state index is 0.583. The Labute approximate surface area is 121 Å². The quantitative estimate of drug-likeness (QED) is 0.799. The molecule has 2 aromatic heterocycles. The number of imidazole rings is 1. The van der Waals surface area contributed by atoms with Gasteiger partial charge in [0.1, 0.15) is 0 Å². The normalized spacial score (nSPS) is 11.2. The fourth-order valence-corrected chi connectivity index (χ4v) is 2.42. The standard InChI is InChI=1S/C15H14N4S/c16-15-18-14(10-20-15)7-6-13-9-19(11-17-13)8-12-4-2-1-3-5-12/h1-7,9-11H,8H2,(H2,16,18). The average molecular weight is 282 g/mol. The van der Waals surface area contributed by atoms with Gasteiger partial charge in [-0.15, -0.1) is 11.3 Å². The second kappa shape index (κ2) is 5.71. The van der Waals surface area contributed by atoms with E-state index in [9.17, 15) is 0 Å². The Morgan fingerprint density at radius 1 is 1.15 bits per heavy atom. The lowest BCUT2D eigenvalue weighted by atomic mass is 10.2. The lowest BCUT2D eigenvalue weighted by Gasteiger charge is -2.00. The number of benzene rings is 1. The van der Waals surface area contributed by atoms with E-state index in [0.29, 0.717) is 5.13 Å². The summed E-state index contributed by atoms with van der Waals surface area (Å²) in [4.78, 5) is 8.53. The van der Waals surface area contributed by atoms with Gasteiger partial charge >= 0.3 is 0 Å². The molecule has 0 saturated heterocycles. The summed E-state index contributed by atoms with van der Waals surface area (Å²) in [5.41, 5.74) is 8.62. The van der Waals surface area contributed by atoms with Crippen LogP contribution in [-0.2, 0) is 6.54 Å². The topological polar surface area (TPSA) is 56.7 Å². The van der Waals surface area contributed by atoms with Gasteiger partial charge in [-0.25, -0.2) is 9.97 Å². The molecule has 0 amide bonds. The average Bonchev–Trinajstić information content (AvgIpc) is 3.07. The van der Waals surface area contributed by atoms with Crippen LogP contribution in [0, 0.1) is 0 Å². The Bertz CT molecular complexity index is 712. The first kappa shape index (κ1) is 12.6. The third-order valence-corrected chi connectivity index (χ3v) is 3.52. The van der Waals surface area contributed by atoms with Crippen LogP contribution in [0.1, 0.15) is 17.0 Å². The molecule has 1 aromatic carbocycles. The van der Waals surface area contributed by atoms with Crippen LogP contribution in [0.3, 0.4) is 0 Å². The van der Waals surface area contributed by atoms with Crippen molar-refractivity contribution in [2.24, 2.45) is 0 Å². The van der Waals surface area contributed by atoms with Crippen molar-refractivity contribution in [1.82, 2.24) is 14.5 Å². The van der Waals surface area contributed by atoms with Crippen LogP contribution in [0.15, 0.2) is 48.2 Å². The largest absolute Gasteiger partial charge is 0.375 e. The first-order valence-electron chi connectivity index (χ1n) is 6.24. The molecule has 0 saturated carbocycles. The zero-order valence-electron chi connectivity index (χ0n) is 10.8. The molecule has 3 aromatic rings. The van der Waals surface area contributed by atoms with Gasteiger partial charge in [-0.05, 0) is 17.7 Å². The molecule has 0 aliphatic heterocycles. The van der Waals surface area contributed by atoms with Gasteiger partial charge in [-0.3, -0.25) is 0 Å². The van der Waals surface area contributed by atoms with Crippen molar-refractivity contribution in [3.05, 3.63) is 65.2 Å². The van der Waals surface area contributed by atoms with Crippen molar-refractivity contribution in [1.29, 1.82) is 0 Å². The molecule has 2 N–H and O–H groups in total. The van der Waals surface area contributed by atoms with E-state index >= 15 is 0 Å². The van der Waals surface area contributed by atoms with E-state index in [1.54, 1.807) is 0 Å². The number of nitrogen functional groups attached to an aromatic ring is 1. The summed E-state index contributed by atoms with van der Waals surface area (Å²) in [7, 11) is 0. The maximum Gasteiger partial charge on any atom is 0.180 e. The second-order valence-corrected chi connectivity index (χ2v) is 5.29. The maximum atomic E-state index is 5.59. The van der Waals surface area contributed by atoms with Crippen LogP contribution in [0.5, 0.6) is 0 Å². The molecule has 0 aliphatic rings. The monoisotopic (exact) mass is 282 g/mol. The molecule has 0 spiro atoms. The summed E-state index contributed by atoms with van der Waals surface area (Å²) in [6.07, 6.45) is 7.71. The van der Waals surface area contributed by atoms with Crippen molar-refractivity contribution in [2.45, 2.75) is 6.54 Å². The molecule has 4 nitrogen and oxygen atoms in total. The van der Waals surface area contributed by atoms with Crippen molar-refractivity contribution in [3.8, 4) is 0 Å². The maximum absolute atomic E-state index is 5.59. The minimum Gasteiger partial charge on any atom is -0.375 e. The summed E-state index contributed by atoms with van der Waals surface area (Å²) < 4.78 is 2.06. The Morgan fingerprint density at radius 2 is 1.95 bits per heavy atom. The number of nitrogens with two attached hydrogens (primary N) is 1. The number of hydrogen-bond acceptors (Lipinski definition) is 4. The van der Waals surface area contributed by atoms with Crippen molar-refractivity contribution in [3.63, 3.8) is 0 Å². The predicted octanol–water partition coefficient (Wildman–Crippen LogP) is 3.14. The Hall–Kier alpha value is -2.40. The van der Waals surface area contributed by atoms with Gasteiger partial charge in [0.25, 0.3) is 0 Å². The van der Waals surface area contributed by atoms with Crippen molar-refractivity contribution >= 4 is 28.6 Å². The van der Waals surface area contributed by atoms with Crippen LogP contribution in [0.25, 0.3) is 12.2 Å². The van der Waals surface area contributed by atoms with Crippen LogP contribution < -0.4 is 5.73 Å². The van der Waals surface area contributed by atoms with E-state index in [-0.39, 0.29) is 0 Å². The molecule has 0 atom stereocenters. The molecule has 0 bridgehead atoms. The molecular weight excluding hydrogens is 268 g/mol. The van der Waals surface area contributed by atoms with Crippen LogP contribution in [0.4, 0.5) is 5.13 Å². The molecule has 0 fully saturated rings. The van der Waals surface area contributed by atoms with Gasteiger partial charge in [0.15, 0.2) is 5.13 Å². The van der Waals surface area contributed by atoms with E-state index < -0.39 is 0 Å². The minimum atomic E-state index is 0.583. The Kier molecular flexibility index (Phi) is 3.60. The van der Waals surface area contributed by atoms with Gasteiger partial charge in [-0.2, -0.15) is 0 Å². The summed E-state index contributed by atoms with van der Waals surface area (Å²) in [6, 6.07) is 10.3. The summed E-state index contributed by atoms with van der Waals surface area (Å²) in [6.45, 7) is 0.825. The number of rotatable bonds is 4. The zero-order valence-corrected chi connectivity index (χ0v) is 11.6. The third-order valence-electron chi connectivity index (χ3n) is 2.83. The highest BCUT2D eigenvalue weighted by Crippen LogP contribution is 2.13. The highest BCUT2D eigenvalue weighted by Gasteiger charge is 1.98. The highest BCUT2D eigenvalue weighted by molar-refractivity contribution is 7.13. The van der Waals surface area contributed by atoms with Crippen LogP contribution >= 0.6 is 11.3 Å². The molecule has 0 unspecified atom stereocenters. The Morgan fingerprint density at radius 3 is 2.70 bits per heavy atom. The first-order valence-corrected chi connectivity index (χ1v) is 7.12. The van der Waals surface area contributed by atoms with Crippen LogP contribution in [-0.4, -0.2) is 14.5 Å². The van der Waals surface area contributed by atoms with E-state index in [1.165, 1.54) is 16.9 Å². The fourth-order valence-electron chi connectivity index (χ4n) is 1.89. The van der Waals surface area contributed by atoms with Crippen molar-refractivity contribution in [2.75, 3.05) is 5.73 Å². The molecule has 100 valence electrons. The molecule has 0 radical (unpaired) electrons. The molecule has 3 rings (SSSR count). The number of nitrogens with zero attached hydrogens (tertiary/aromatic N) is 3. The summed E-state index contributed by atoms with van der Waals surface area (Å²) in [5.74, 6) is 0. The van der Waals surface area contributed by atoms with E-state index in [0.717, 1.165) is 17.9 Å². The summed E-state index contributed by atoms with van der Waals surface area (Å²) in [5, 5.41) is 2.51. The van der Waals surface area contributed by atoms with E-state index in [2.05, 4.69) is 26.7 Å². The van der Waals surface area contributed by atoms with E-state index in [1.807, 2.05) is 48.3 Å². The smallest absolute Gasteiger partial charge is 0.180 e. The summed E-state index contributed by atoms with van der Waals surface area (Å²) >= 11 is 1.44. The van der Waals surface area contributed by atoms with Gasteiger partial charge in [0, 0.05) is 18.1 Å². The van der Waals surface area contributed by atoms with Gasteiger partial charge in [-0.1, -0.05) is 30.3 Å². The molecule has 5 heteroatoms. The lowest BCUT2D eigenvalue weighted by molar-refractivity contribution is 0.797. The molecular formula is C15H14N4S. The van der Waals surface area contributed by atoms with Crippen molar-refractivity contribution < 1.29 is 0 Å². The number of thiazole rings is 1. The fraction of sp³-hybridized carbons (Fsp3) is 0.0667. The lowest BCUT2D eigenvalue weighted by Crippen LogP contribution is -1.95. The predicted molar refractivity (Wildman–Crippen MR) is 83.2 cm³/mol. The highest BCUT2D eigenvalue weighted by atomic mass is 32.1. The van der Waals surface area contributed by atoms with Gasteiger partial charge in [0.05, 0.1) is 17.7 Å². The number of hydrogen-bond donors (Lipinski definition) is 1. The molecule has 0 aliphatic carbocycles. The third kappa shape index (κ3) is 3.13. The van der Waals surface area contributed by atoms with Crippen LogP contribution in [0.2, 0.25) is 0 Å². The number of anilines is 1. The SMILES string of the molecule is Nc1nc(C=Cc2cn(Cc3ccccc3)cn2)cs1. The van der Waals surface area contributed by atoms with Gasteiger partial charge < -0.3 is 10.3 Å². The second-order valence-electron chi connectivity index (χ2n) is 4.40. The molecule has 2 heterocycles. The first-order chi connectivity index (χ1) is 9.79. The number of aromatic nitrogens is 3. The molecule has 20 heavy (non-hydrogen) atoms.